The van der Waals surface area contributed by atoms with E-state index in [1.807, 2.05) is 0 Å². The second kappa shape index (κ2) is 5.35. The Balaban J connectivity index is 2.20. The van der Waals surface area contributed by atoms with Gasteiger partial charge in [-0.25, -0.2) is 0 Å². The number of carboxylic acids is 1. The van der Waals surface area contributed by atoms with Crippen LogP contribution in [0.1, 0.15) is 18.4 Å². The molecule has 0 aromatic heterocycles. The van der Waals surface area contributed by atoms with Crippen LogP contribution in [0.3, 0.4) is 0 Å². The van der Waals surface area contributed by atoms with Gasteiger partial charge in [0, 0.05) is 6.42 Å². The summed E-state index contributed by atoms with van der Waals surface area (Å²) in [6, 6.07) is 1.65. The molecule has 2 N–H and O–H groups in total. The summed E-state index contributed by atoms with van der Waals surface area (Å²) in [6.45, 7) is 0.827. The van der Waals surface area contributed by atoms with Gasteiger partial charge in [0.25, 0.3) is 0 Å². The van der Waals surface area contributed by atoms with Crippen molar-refractivity contribution >= 4 is 17.6 Å². The van der Waals surface area contributed by atoms with Crippen molar-refractivity contribution in [1.29, 1.82) is 0 Å². The standard InChI is InChI=1S/C12H13ClO5/c13-10-11(16)7(2-1-3-9(14)15)6-8-12(10)18-5-4-17-8/h6,16H,1-5H2,(H,14,15). The Kier molecular flexibility index (Phi) is 3.81. The summed E-state index contributed by atoms with van der Waals surface area (Å²) in [7, 11) is 0. The van der Waals surface area contributed by atoms with Crippen LogP contribution in [0, 0.1) is 0 Å². The third kappa shape index (κ3) is 2.61. The lowest BCUT2D eigenvalue weighted by atomic mass is 10.1. The highest BCUT2D eigenvalue weighted by Crippen LogP contribution is 2.45. The molecule has 98 valence electrons. The van der Waals surface area contributed by atoms with Crippen molar-refractivity contribution in [3.8, 4) is 17.2 Å². The molecular weight excluding hydrogens is 260 g/mol. The van der Waals surface area contributed by atoms with E-state index in [1.54, 1.807) is 6.07 Å². The first kappa shape index (κ1) is 12.8. The highest BCUT2D eigenvalue weighted by molar-refractivity contribution is 6.33. The van der Waals surface area contributed by atoms with Gasteiger partial charge in [-0.1, -0.05) is 11.6 Å². The van der Waals surface area contributed by atoms with Gasteiger partial charge in [-0.3, -0.25) is 4.79 Å². The average molecular weight is 273 g/mol. The van der Waals surface area contributed by atoms with E-state index in [0.29, 0.717) is 43.1 Å². The fourth-order valence-corrected chi connectivity index (χ4v) is 2.08. The Morgan fingerprint density at radius 1 is 1.39 bits per heavy atom. The van der Waals surface area contributed by atoms with Gasteiger partial charge in [0.1, 0.15) is 24.0 Å². The SMILES string of the molecule is O=C(O)CCCc1cc2c(c(Cl)c1O)OCCO2. The van der Waals surface area contributed by atoms with Crippen LogP contribution in [0.25, 0.3) is 0 Å². The number of carboxylic acid groups (broad SMARTS) is 1. The predicted molar refractivity (Wildman–Crippen MR) is 64.7 cm³/mol. The molecular formula is C12H13ClO5. The normalized spacial score (nSPS) is 13.4. The van der Waals surface area contributed by atoms with Crippen LogP contribution < -0.4 is 9.47 Å². The summed E-state index contributed by atoms with van der Waals surface area (Å²) < 4.78 is 10.7. The molecule has 0 saturated carbocycles. The Bertz CT molecular complexity index is 472. The summed E-state index contributed by atoms with van der Waals surface area (Å²) in [6.07, 6.45) is 0.902. The fraction of sp³-hybridized carbons (Fsp3) is 0.417. The summed E-state index contributed by atoms with van der Waals surface area (Å²) >= 11 is 5.99. The van der Waals surface area contributed by atoms with E-state index in [2.05, 4.69) is 0 Å². The molecule has 1 aliphatic heterocycles. The van der Waals surface area contributed by atoms with Gasteiger partial charge in [-0.2, -0.15) is 0 Å². The van der Waals surface area contributed by atoms with E-state index in [1.165, 1.54) is 0 Å². The molecule has 0 bridgehead atoms. The maximum Gasteiger partial charge on any atom is 0.303 e. The highest BCUT2D eigenvalue weighted by Gasteiger charge is 2.21. The highest BCUT2D eigenvalue weighted by atomic mass is 35.5. The van der Waals surface area contributed by atoms with Gasteiger partial charge in [0.05, 0.1) is 0 Å². The Hall–Kier alpha value is -1.62. The summed E-state index contributed by atoms with van der Waals surface area (Å²) in [5, 5.41) is 18.6. The van der Waals surface area contributed by atoms with Crippen LogP contribution in [0.15, 0.2) is 6.07 Å². The first-order chi connectivity index (χ1) is 8.59. The first-order valence-corrected chi connectivity index (χ1v) is 5.99. The molecule has 0 saturated heterocycles. The number of benzene rings is 1. The molecule has 0 aliphatic carbocycles. The van der Waals surface area contributed by atoms with Crippen LogP contribution in [0.4, 0.5) is 0 Å². The molecule has 18 heavy (non-hydrogen) atoms. The largest absolute Gasteiger partial charge is 0.506 e. The molecule has 1 aromatic rings. The number of halogens is 1. The molecule has 5 nitrogen and oxygen atoms in total. The zero-order chi connectivity index (χ0) is 13.1. The summed E-state index contributed by atoms with van der Waals surface area (Å²) in [5.41, 5.74) is 0.575. The molecule has 2 rings (SSSR count). The third-order valence-electron chi connectivity index (χ3n) is 2.66. The van der Waals surface area contributed by atoms with Gasteiger partial charge in [0.2, 0.25) is 0 Å². The van der Waals surface area contributed by atoms with Crippen molar-refractivity contribution < 1.29 is 24.5 Å². The quantitative estimate of drug-likeness (QED) is 0.879. The number of hydrogen-bond donors (Lipinski definition) is 2. The van der Waals surface area contributed by atoms with E-state index in [0.717, 1.165) is 0 Å². The minimum absolute atomic E-state index is 0.0471. The molecule has 6 heteroatoms. The zero-order valence-electron chi connectivity index (χ0n) is 9.61. The second-order valence-electron chi connectivity index (χ2n) is 3.97. The average Bonchev–Trinajstić information content (AvgIpc) is 2.35. The molecule has 0 amide bonds. The third-order valence-corrected chi connectivity index (χ3v) is 3.02. The maximum atomic E-state index is 10.4. The number of aromatic hydroxyl groups is 1. The van der Waals surface area contributed by atoms with Gasteiger partial charge in [0.15, 0.2) is 11.5 Å². The molecule has 0 radical (unpaired) electrons. The summed E-state index contributed by atoms with van der Waals surface area (Å²) in [5.74, 6) is -0.0822. The van der Waals surface area contributed by atoms with Crippen LogP contribution in [-0.4, -0.2) is 29.4 Å². The number of ether oxygens (including phenoxy) is 2. The van der Waals surface area contributed by atoms with Crippen LogP contribution in [0.5, 0.6) is 17.2 Å². The van der Waals surface area contributed by atoms with Crippen molar-refractivity contribution in [2.75, 3.05) is 13.2 Å². The lowest BCUT2D eigenvalue weighted by Crippen LogP contribution is -2.16. The smallest absolute Gasteiger partial charge is 0.303 e. The van der Waals surface area contributed by atoms with E-state index in [9.17, 15) is 9.90 Å². The van der Waals surface area contributed by atoms with Gasteiger partial charge < -0.3 is 19.7 Å². The van der Waals surface area contributed by atoms with Crippen LogP contribution in [0.2, 0.25) is 5.02 Å². The number of phenolic OH excluding ortho intramolecular Hbond substituents is 1. The second-order valence-corrected chi connectivity index (χ2v) is 4.35. The zero-order valence-corrected chi connectivity index (χ0v) is 10.4. The maximum absolute atomic E-state index is 10.4. The topological polar surface area (TPSA) is 76.0 Å². The number of hydrogen-bond acceptors (Lipinski definition) is 4. The van der Waals surface area contributed by atoms with Crippen LogP contribution in [-0.2, 0) is 11.2 Å². The number of aryl methyl sites for hydroxylation is 1. The molecule has 0 fully saturated rings. The van der Waals surface area contributed by atoms with Crippen molar-refractivity contribution in [3.63, 3.8) is 0 Å². The number of carbonyl (C=O) groups is 1. The predicted octanol–water partition coefficient (Wildman–Crippen LogP) is 2.22. The van der Waals surface area contributed by atoms with Gasteiger partial charge >= 0.3 is 5.97 Å². The fourth-order valence-electron chi connectivity index (χ4n) is 1.81. The van der Waals surface area contributed by atoms with Crippen molar-refractivity contribution in [2.45, 2.75) is 19.3 Å². The molecule has 1 heterocycles. The molecule has 1 aromatic carbocycles. The lowest BCUT2D eigenvalue weighted by molar-refractivity contribution is -0.137. The lowest BCUT2D eigenvalue weighted by Gasteiger charge is -2.21. The van der Waals surface area contributed by atoms with E-state index in [4.69, 9.17) is 26.2 Å². The number of rotatable bonds is 4. The Morgan fingerprint density at radius 3 is 2.83 bits per heavy atom. The van der Waals surface area contributed by atoms with Crippen molar-refractivity contribution in [1.82, 2.24) is 0 Å². The van der Waals surface area contributed by atoms with Crippen molar-refractivity contribution in [3.05, 3.63) is 16.7 Å². The first-order valence-electron chi connectivity index (χ1n) is 5.61. The summed E-state index contributed by atoms with van der Waals surface area (Å²) in [4.78, 5) is 10.4. The minimum atomic E-state index is -0.863. The Morgan fingerprint density at radius 2 is 2.11 bits per heavy atom. The van der Waals surface area contributed by atoms with Gasteiger partial charge in [-0.05, 0) is 24.5 Å². The molecule has 1 aliphatic rings. The Labute approximate surface area is 109 Å². The molecule has 0 spiro atoms. The van der Waals surface area contributed by atoms with Crippen molar-refractivity contribution in [2.24, 2.45) is 0 Å². The number of fused-ring (bicyclic) bond motifs is 1. The van der Waals surface area contributed by atoms with Gasteiger partial charge in [-0.15, -0.1) is 0 Å². The monoisotopic (exact) mass is 272 g/mol. The number of phenols is 1. The van der Waals surface area contributed by atoms with E-state index < -0.39 is 5.97 Å². The minimum Gasteiger partial charge on any atom is -0.506 e. The molecule has 0 unspecified atom stereocenters. The van der Waals surface area contributed by atoms with Crippen LogP contribution >= 0.6 is 11.6 Å². The molecule has 0 atom stereocenters. The van der Waals surface area contributed by atoms with E-state index in [-0.39, 0.29) is 17.2 Å². The number of aliphatic carboxylic acids is 1. The van der Waals surface area contributed by atoms with E-state index >= 15 is 0 Å².